The minimum atomic E-state index is -1.27. The average molecular weight is 419 g/mol. The largest absolute Gasteiger partial charge is 0.191 e. The van der Waals surface area contributed by atoms with E-state index < -0.39 is 10.0 Å². The fourth-order valence-corrected chi connectivity index (χ4v) is 7.77. The molecule has 152 valence electrons. The van der Waals surface area contributed by atoms with E-state index in [-0.39, 0.29) is 0 Å². The van der Waals surface area contributed by atoms with E-state index in [0.29, 0.717) is 0 Å². The SMILES string of the molecule is CS1(C)C(c2ccccc2)=C(c2ccccc2)C(c2ccccc2)=C1c1ccccc1. The lowest BCUT2D eigenvalue weighted by molar-refractivity contribution is 1.58. The molecule has 31 heavy (non-hydrogen) atoms. The Hall–Kier alpha value is -3.29. The second-order valence-electron chi connectivity index (χ2n) is 8.20. The number of benzene rings is 4. The van der Waals surface area contributed by atoms with E-state index in [2.05, 4.69) is 134 Å². The second-order valence-corrected chi connectivity index (χ2v) is 11.7. The molecule has 0 saturated heterocycles. The Morgan fingerprint density at radius 1 is 0.355 bits per heavy atom. The van der Waals surface area contributed by atoms with Crippen molar-refractivity contribution in [1.82, 2.24) is 0 Å². The molecule has 4 aromatic rings. The van der Waals surface area contributed by atoms with Crippen molar-refractivity contribution < 1.29 is 0 Å². The first-order valence-corrected chi connectivity index (χ1v) is 13.1. The van der Waals surface area contributed by atoms with Crippen LogP contribution in [0.4, 0.5) is 0 Å². The molecule has 0 spiro atoms. The van der Waals surface area contributed by atoms with Crippen LogP contribution in [0.3, 0.4) is 0 Å². The molecule has 1 aliphatic heterocycles. The van der Waals surface area contributed by atoms with Gasteiger partial charge in [-0.05, 0) is 34.8 Å². The Kier molecular flexibility index (Phi) is 5.13. The molecule has 0 fully saturated rings. The summed E-state index contributed by atoms with van der Waals surface area (Å²) in [6.07, 6.45) is 4.91. The van der Waals surface area contributed by atoms with Crippen LogP contribution in [0.25, 0.3) is 21.0 Å². The van der Waals surface area contributed by atoms with Crippen LogP contribution in [0, 0.1) is 0 Å². The van der Waals surface area contributed by atoms with Gasteiger partial charge in [0.05, 0.1) is 0 Å². The van der Waals surface area contributed by atoms with Crippen LogP contribution in [0.5, 0.6) is 0 Å². The molecule has 4 aromatic carbocycles. The normalized spacial score (nSPS) is 16.5. The maximum Gasteiger partial charge on any atom is 0.00946 e. The number of hydrogen-bond donors (Lipinski definition) is 0. The van der Waals surface area contributed by atoms with E-state index in [1.165, 1.54) is 43.2 Å². The molecule has 0 atom stereocenters. The molecule has 1 heterocycles. The summed E-state index contributed by atoms with van der Waals surface area (Å²) < 4.78 is 0. The third-order valence-electron chi connectivity index (χ3n) is 5.92. The van der Waals surface area contributed by atoms with Crippen molar-refractivity contribution in [3.8, 4) is 0 Å². The molecule has 0 nitrogen and oxygen atoms in total. The van der Waals surface area contributed by atoms with Gasteiger partial charge in [0.15, 0.2) is 0 Å². The Labute approximate surface area is 186 Å². The van der Waals surface area contributed by atoms with Crippen LogP contribution in [0.15, 0.2) is 121 Å². The van der Waals surface area contributed by atoms with Gasteiger partial charge < -0.3 is 0 Å². The average Bonchev–Trinajstić information content (AvgIpc) is 3.08. The van der Waals surface area contributed by atoms with Gasteiger partial charge in [-0.25, -0.2) is 0 Å². The highest BCUT2D eigenvalue weighted by molar-refractivity contribution is 8.47. The molecule has 0 bridgehead atoms. The van der Waals surface area contributed by atoms with E-state index in [9.17, 15) is 0 Å². The third kappa shape index (κ3) is 3.45. The summed E-state index contributed by atoms with van der Waals surface area (Å²) in [5.41, 5.74) is 7.95. The number of allylic oxidation sites excluding steroid dienone is 2. The highest BCUT2D eigenvalue weighted by Gasteiger charge is 2.38. The van der Waals surface area contributed by atoms with Gasteiger partial charge in [0, 0.05) is 21.0 Å². The van der Waals surface area contributed by atoms with Crippen LogP contribution in [0.2, 0.25) is 0 Å². The van der Waals surface area contributed by atoms with Crippen molar-refractivity contribution in [2.45, 2.75) is 0 Å². The Morgan fingerprint density at radius 2 is 0.613 bits per heavy atom. The lowest BCUT2D eigenvalue weighted by Crippen LogP contribution is -1.99. The summed E-state index contributed by atoms with van der Waals surface area (Å²) in [7, 11) is -1.27. The van der Waals surface area contributed by atoms with Crippen LogP contribution in [-0.2, 0) is 0 Å². The Morgan fingerprint density at radius 3 is 0.903 bits per heavy atom. The maximum absolute atomic E-state index is 2.45. The van der Waals surface area contributed by atoms with E-state index in [0.717, 1.165) is 0 Å². The molecule has 0 saturated carbocycles. The van der Waals surface area contributed by atoms with Gasteiger partial charge in [-0.3, -0.25) is 0 Å². The lowest BCUT2D eigenvalue weighted by Gasteiger charge is -2.34. The molecule has 0 amide bonds. The number of rotatable bonds is 4. The highest BCUT2D eigenvalue weighted by atomic mass is 32.3. The molecule has 0 unspecified atom stereocenters. The Balaban J connectivity index is 1.92. The molecule has 0 aromatic heterocycles. The van der Waals surface area contributed by atoms with Crippen molar-refractivity contribution in [3.05, 3.63) is 144 Å². The van der Waals surface area contributed by atoms with Gasteiger partial charge in [-0.2, -0.15) is 10.0 Å². The zero-order valence-corrected chi connectivity index (χ0v) is 18.8. The molecular formula is C30H26S. The van der Waals surface area contributed by atoms with E-state index in [4.69, 9.17) is 0 Å². The summed E-state index contributed by atoms with van der Waals surface area (Å²) in [4.78, 5) is 2.94. The molecule has 0 aliphatic carbocycles. The molecule has 1 heteroatoms. The first-order valence-electron chi connectivity index (χ1n) is 10.6. The fraction of sp³-hybridized carbons (Fsp3) is 0.0667. The smallest absolute Gasteiger partial charge is 0.00946 e. The minimum absolute atomic E-state index is 1.27. The quantitative estimate of drug-likeness (QED) is 0.313. The van der Waals surface area contributed by atoms with E-state index in [1.807, 2.05) is 0 Å². The van der Waals surface area contributed by atoms with E-state index in [1.54, 1.807) is 0 Å². The Bertz CT molecular complexity index is 1150. The third-order valence-corrected chi connectivity index (χ3v) is 8.84. The first kappa shape index (κ1) is 19.7. The predicted molar refractivity (Wildman–Crippen MR) is 139 cm³/mol. The lowest BCUT2D eigenvalue weighted by atomic mass is 9.89. The molecule has 0 N–H and O–H groups in total. The first-order chi connectivity index (χ1) is 15.2. The summed E-state index contributed by atoms with van der Waals surface area (Å²) in [5, 5.41) is 0. The topological polar surface area (TPSA) is 0 Å². The van der Waals surface area contributed by atoms with Crippen molar-refractivity contribution >= 4 is 31.0 Å². The van der Waals surface area contributed by atoms with Gasteiger partial charge in [0.2, 0.25) is 0 Å². The second kappa shape index (κ2) is 8.09. The van der Waals surface area contributed by atoms with Crippen molar-refractivity contribution in [1.29, 1.82) is 0 Å². The summed E-state index contributed by atoms with van der Waals surface area (Å²) in [5.74, 6) is 0. The van der Waals surface area contributed by atoms with Crippen LogP contribution >= 0.6 is 10.0 Å². The van der Waals surface area contributed by atoms with E-state index >= 15 is 0 Å². The summed E-state index contributed by atoms with van der Waals surface area (Å²) in [6.45, 7) is 0. The minimum Gasteiger partial charge on any atom is -0.191 e. The molecule has 0 radical (unpaired) electrons. The highest BCUT2D eigenvalue weighted by Crippen LogP contribution is 2.73. The van der Waals surface area contributed by atoms with Crippen molar-refractivity contribution in [3.63, 3.8) is 0 Å². The standard InChI is InChI=1S/C30H26S/c1-31(2)29(25-19-11-5-12-20-25)27(23-15-7-3-8-16-23)28(24-17-9-4-10-18-24)30(31)26-21-13-6-14-22-26/h3-22H,1-2H3. The molecule has 5 rings (SSSR count). The van der Waals surface area contributed by atoms with Crippen LogP contribution in [0.1, 0.15) is 22.3 Å². The fourth-order valence-electron chi connectivity index (χ4n) is 4.66. The number of hydrogen-bond acceptors (Lipinski definition) is 0. The van der Waals surface area contributed by atoms with Gasteiger partial charge >= 0.3 is 0 Å². The van der Waals surface area contributed by atoms with Crippen LogP contribution < -0.4 is 0 Å². The zero-order chi connectivity index (χ0) is 21.3. The summed E-state index contributed by atoms with van der Waals surface area (Å²) in [6, 6.07) is 43.7. The molecular weight excluding hydrogens is 392 g/mol. The molecule has 1 aliphatic rings. The van der Waals surface area contributed by atoms with Gasteiger partial charge in [0.1, 0.15) is 0 Å². The maximum atomic E-state index is 2.45. The summed E-state index contributed by atoms with van der Waals surface area (Å²) >= 11 is 0. The monoisotopic (exact) mass is 418 g/mol. The van der Waals surface area contributed by atoms with Gasteiger partial charge in [-0.1, -0.05) is 121 Å². The zero-order valence-electron chi connectivity index (χ0n) is 18.0. The van der Waals surface area contributed by atoms with Gasteiger partial charge in [-0.15, -0.1) is 0 Å². The predicted octanol–water partition coefficient (Wildman–Crippen LogP) is 8.20. The van der Waals surface area contributed by atoms with Crippen LogP contribution in [-0.4, -0.2) is 12.5 Å². The van der Waals surface area contributed by atoms with Crippen molar-refractivity contribution in [2.24, 2.45) is 0 Å². The van der Waals surface area contributed by atoms with Gasteiger partial charge in [0.25, 0.3) is 0 Å². The van der Waals surface area contributed by atoms with Crippen molar-refractivity contribution in [2.75, 3.05) is 12.5 Å².